The molecule has 0 aromatic heterocycles. The molecule has 1 N–H and O–H groups in total. The highest BCUT2D eigenvalue weighted by Crippen LogP contribution is 2.14. The van der Waals surface area contributed by atoms with Crippen LogP contribution < -0.4 is 0 Å². The Hall–Kier alpha value is -1.03. The number of hydrogen-bond donors (Lipinski definition) is 1. The molecule has 0 aromatic carbocycles. The van der Waals surface area contributed by atoms with Crippen LogP contribution in [0.15, 0.2) is 11.6 Å². The summed E-state index contributed by atoms with van der Waals surface area (Å²) in [4.78, 5) is 13.2. The number of nitrogens with zero attached hydrogens (tertiary/aromatic N) is 1. The van der Waals surface area contributed by atoms with Crippen molar-refractivity contribution >= 4 is 6.09 Å². The van der Waals surface area contributed by atoms with Gasteiger partial charge in [0.05, 0.1) is 6.10 Å². The van der Waals surface area contributed by atoms with E-state index in [4.69, 9.17) is 9.84 Å². The van der Waals surface area contributed by atoms with Crippen LogP contribution in [0.2, 0.25) is 0 Å². The minimum Gasteiger partial charge on any atom is -0.447 e. The van der Waals surface area contributed by atoms with Gasteiger partial charge in [-0.1, -0.05) is 44.8 Å². The molecule has 0 saturated carbocycles. The molecule has 20 heavy (non-hydrogen) atoms. The molecule has 1 heterocycles. The fraction of sp³-hybridized carbons (Fsp3) is 0.812. The zero-order valence-corrected chi connectivity index (χ0v) is 13.5. The summed E-state index contributed by atoms with van der Waals surface area (Å²) in [6.07, 6.45) is 7.32. The molecule has 0 aromatic rings. The second-order valence-corrected chi connectivity index (χ2v) is 5.32. The lowest BCUT2D eigenvalue weighted by Gasteiger charge is -2.26. The van der Waals surface area contributed by atoms with Crippen molar-refractivity contribution in [3.63, 3.8) is 0 Å². The van der Waals surface area contributed by atoms with Gasteiger partial charge in [0.2, 0.25) is 0 Å². The monoisotopic (exact) mass is 285 g/mol. The van der Waals surface area contributed by atoms with Crippen molar-refractivity contribution in [3.8, 4) is 0 Å². The largest absolute Gasteiger partial charge is 0.447 e. The number of carbonyl (C=O) groups excluding carboxylic acids is 1. The molecular formula is C16H31NO3. The van der Waals surface area contributed by atoms with E-state index in [0.29, 0.717) is 19.5 Å². The Labute approximate surface area is 123 Å². The van der Waals surface area contributed by atoms with Crippen molar-refractivity contribution < 1.29 is 14.6 Å². The third-order valence-corrected chi connectivity index (χ3v) is 3.04. The first-order valence-electron chi connectivity index (χ1n) is 7.79. The van der Waals surface area contributed by atoms with E-state index in [2.05, 4.69) is 13.8 Å². The molecule has 4 nitrogen and oxygen atoms in total. The second kappa shape index (κ2) is 11.8. The number of aliphatic hydroxyl groups is 1. The first-order valence-corrected chi connectivity index (χ1v) is 7.79. The average Bonchev–Trinajstić information content (AvgIpc) is 2.41. The van der Waals surface area contributed by atoms with Gasteiger partial charge in [0, 0.05) is 19.7 Å². The van der Waals surface area contributed by atoms with E-state index in [1.54, 1.807) is 4.90 Å². The van der Waals surface area contributed by atoms with Gasteiger partial charge < -0.3 is 14.7 Å². The Kier molecular flexibility index (Phi) is 11.2. The molecule has 0 aliphatic carbocycles. The summed E-state index contributed by atoms with van der Waals surface area (Å²) in [6.45, 7) is 9.58. The molecule has 0 spiro atoms. The van der Waals surface area contributed by atoms with Gasteiger partial charge in [-0.3, -0.25) is 0 Å². The molecule has 1 rings (SSSR count). The molecule has 0 radical (unpaired) electrons. The van der Waals surface area contributed by atoms with Crippen molar-refractivity contribution in [3.05, 3.63) is 11.6 Å². The topological polar surface area (TPSA) is 49.8 Å². The number of rotatable bonds is 5. The van der Waals surface area contributed by atoms with Crippen LogP contribution in [0.1, 0.15) is 59.8 Å². The zero-order valence-electron chi connectivity index (χ0n) is 13.5. The summed E-state index contributed by atoms with van der Waals surface area (Å²) in [7, 11) is 0. The van der Waals surface area contributed by atoms with Crippen molar-refractivity contribution in [2.45, 2.75) is 65.9 Å². The van der Waals surface area contributed by atoms with Gasteiger partial charge in [0.1, 0.15) is 0 Å². The van der Waals surface area contributed by atoms with Gasteiger partial charge in [0.15, 0.2) is 0 Å². The van der Waals surface area contributed by atoms with Crippen LogP contribution in [0.25, 0.3) is 0 Å². The van der Waals surface area contributed by atoms with Crippen LogP contribution in [0.4, 0.5) is 4.79 Å². The number of amides is 1. The maximum atomic E-state index is 11.5. The number of hydrogen-bond acceptors (Lipinski definition) is 3. The van der Waals surface area contributed by atoms with Crippen LogP contribution in [0.5, 0.6) is 0 Å². The smallest absolute Gasteiger partial charge is 0.410 e. The van der Waals surface area contributed by atoms with Crippen LogP contribution in [-0.4, -0.2) is 41.9 Å². The Morgan fingerprint density at radius 1 is 1.40 bits per heavy atom. The fourth-order valence-corrected chi connectivity index (χ4v) is 1.88. The summed E-state index contributed by atoms with van der Waals surface area (Å²) in [5.41, 5.74) is 1.23. The molecule has 1 aliphatic heterocycles. The number of carbonyl (C=O) groups is 1. The van der Waals surface area contributed by atoms with Gasteiger partial charge in [-0.25, -0.2) is 4.79 Å². The molecular weight excluding hydrogens is 254 g/mol. The quantitative estimate of drug-likeness (QED) is 0.783. The predicted octanol–water partition coefficient (Wildman–Crippen LogP) is 3.74. The Bertz CT molecular complexity index is 285. The minimum absolute atomic E-state index is 0.0691. The molecule has 0 bridgehead atoms. The van der Waals surface area contributed by atoms with Crippen molar-refractivity contribution in [2.75, 3.05) is 19.7 Å². The lowest BCUT2D eigenvalue weighted by atomic mass is 10.1. The number of unbranched alkanes of at least 4 members (excludes halogenated alkanes) is 2. The average molecular weight is 285 g/mol. The van der Waals surface area contributed by atoms with E-state index in [-0.39, 0.29) is 18.8 Å². The van der Waals surface area contributed by atoms with E-state index in [9.17, 15) is 4.79 Å². The summed E-state index contributed by atoms with van der Waals surface area (Å²) in [6, 6.07) is 0. The lowest BCUT2D eigenvalue weighted by molar-refractivity contribution is 0.0790. The highest BCUT2D eigenvalue weighted by molar-refractivity contribution is 5.68. The summed E-state index contributed by atoms with van der Waals surface area (Å²) >= 11 is 0. The molecule has 4 heteroatoms. The predicted molar refractivity (Wildman–Crippen MR) is 82.8 cm³/mol. The molecule has 0 unspecified atom stereocenters. The maximum absolute atomic E-state index is 11.5. The molecule has 0 saturated heterocycles. The van der Waals surface area contributed by atoms with Crippen molar-refractivity contribution in [2.24, 2.45) is 0 Å². The lowest BCUT2D eigenvalue weighted by Crippen LogP contribution is -2.36. The molecule has 0 atom stereocenters. The van der Waals surface area contributed by atoms with E-state index in [1.165, 1.54) is 24.8 Å². The third-order valence-electron chi connectivity index (χ3n) is 3.04. The normalized spacial score (nSPS) is 14.5. The highest BCUT2D eigenvalue weighted by atomic mass is 16.6. The van der Waals surface area contributed by atoms with Crippen LogP contribution in [-0.2, 0) is 4.74 Å². The first kappa shape index (κ1) is 19.0. The van der Waals surface area contributed by atoms with Crippen LogP contribution >= 0.6 is 0 Å². The van der Waals surface area contributed by atoms with E-state index >= 15 is 0 Å². The Balaban J connectivity index is 0.000000621. The Morgan fingerprint density at radius 2 is 2.05 bits per heavy atom. The zero-order chi connectivity index (χ0) is 15.4. The van der Waals surface area contributed by atoms with E-state index in [0.717, 1.165) is 6.42 Å². The van der Waals surface area contributed by atoms with E-state index < -0.39 is 0 Å². The van der Waals surface area contributed by atoms with Gasteiger partial charge >= 0.3 is 6.09 Å². The van der Waals surface area contributed by atoms with Crippen molar-refractivity contribution in [1.29, 1.82) is 0 Å². The van der Waals surface area contributed by atoms with E-state index in [1.807, 2.05) is 19.9 Å². The van der Waals surface area contributed by atoms with Crippen LogP contribution in [0.3, 0.4) is 0 Å². The van der Waals surface area contributed by atoms with Gasteiger partial charge in [-0.2, -0.15) is 0 Å². The number of ether oxygens (including phenoxy) is 1. The second-order valence-electron chi connectivity index (χ2n) is 5.32. The SMILES string of the molecule is CC(C)OC(=O)N1CC=C(CCO)CC1.CCCCC. The highest BCUT2D eigenvalue weighted by Gasteiger charge is 2.18. The minimum atomic E-state index is -0.246. The summed E-state index contributed by atoms with van der Waals surface area (Å²) in [5.74, 6) is 0. The Morgan fingerprint density at radius 3 is 2.40 bits per heavy atom. The molecule has 118 valence electrons. The fourth-order valence-electron chi connectivity index (χ4n) is 1.88. The van der Waals surface area contributed by atoms with Gasteiger partial charge in [0.25, 0.3) is 0 Å². The first-order chi connectivity index (χ1) is 9.54. The van der Waals surface area contributed by atoms with Crippen molar-refractivity contribution in [1.82, 2.24) is 4.90 Å². The molecule has 0 fully saturated rings. The maximum Gasteiger partial charge on any atom is 0.410 e. The van der Waals surface area contributed by atoms with Gasteiger partial charge in [-0.15, -0.1) is 0 Å². The number of aliphatic hydroxyl groups excluding tert-OH is 1. The standard InChI is InChI=1S/C11H19NO3.C5H12/c1-9(2)15-11(14)12-6-3-10(4-7-12)5-8-13;1-3-5-4-2/h3,9,13H,4-8H2,1-2H3;3-5H2,1-2H3. The summed E-state index contributed by atoms with van der Waals surface area (Å²) in [5, 5.41) is 8.77. The molecule has 1 amide bonds. The summed E-state index contributed by atoms with van der Waals surface area (Å²) < 4.78 is 5.09. The van der Waals surface area contributed by atoms with Crippen LogP contribution in [0, 0.1) is 0 Å². The van der Waals surface area contributed by atoms with Gasteiger partial charge in [-0.05, 0) is 26.7 Å². The third kappa shape index (κ3) is 8.97. The molecule has 1 aliphatic rings.